The summed E-state index contributed by atoms with van der Waals surface area (Å²) in [5, 5.41) is 0. The standard InChI is InChI=1S/C9H5F3N3O/c10-9(11,12)8-14-5-3-1-2-4(7(13)16)6(5)15-8/h1,3H,(H2,13,16)(H,14,15). The van der Waals surface area contributed by atoms with Crippen molar-refractivity contribution in [1.82, 2.24) is 9.97 Å². The number of nitrogens with zero attached hydrogens (tertiary/aromatic N) is 1. The first-order valence-electron chi connectivity index (χ1n) is 4.17. The largest absolute Gasteiger partial charge is 0.449 e. The van der Waals surface area contributed by atoms with Gasteiger partial charge in [0.25, 0.3) is 5.91 Å². The molecule has 2 rings (SSSR count). The first-order valence-corrected chi connectivity index (χ1v) is 4.17. The average Bonchev–Trinajstić information content (AvgIpc) is 2.59. The molecule has 2 aromatic rings. The van der Waals surface area contributed by atoms with Crippen LogP contribution >= 0.6 is 0 Å². The van der Waals surface area contributed by atoms with Crippen LogP contribution in [0.25, 0.3) is 11.0 Å². The number of rotatable bonds is 1. The molecule has 1 amide bonds. The van der Waals surface area contributed by atoms with Crippen molar-refractivity contribution in [2.75, 3.05) is 0 Å². The van der Waals surface area contributed by atoms with Gasteiger partial charge in [-0.3, -0.25) is 4.79 Å². The van der Waals surface area contributed by atoms with E-state index < -0.39 is 17.9 Å². The number of fused-ring (bicyclic) bond motifs is 1. The maximum absolute atomic E-state index is 12.3. The lowest BCUT2D eigenvalue weighted by molar-refractivity contribution is -0.144. The summed E-state index contributed by atoms with van der Waals surface area (Å²) in [7, 11) is 0. The number of aromatic nitrogens is 2. The van der Waals surface area contributed by atoms with Crippen LogP contribution in [0.15, 0.2) is 12.1 Å². The molecule has 0 aliphatic rings. The molecule has 0 unspecified atom stereocenters. The second kappa shape index (κ2) is 3.22. The van der Waals surface area contributed by atoms with Crippen molar-refractivity contribution in [3.63, 3.8) is 0 Å². The lowest BCUT2D eigenvalue weighted by Crippen LogP contribution is -2.11. The molecule has 4 nitrogen and oxygen atoms in total. The number of benzene rings is 1. The number of alkyl halides is 3. The van der Waals surface area contributed by atoms with Crippen LogP contribution < -0.4 is 5.73 Å². The molecule has 1 radical (unpaired) electrons. The molecule has 0 saturated heterocycles. The maximum Gasteiger partial charge on any atom is 0.449 e. The molecule has 83 valence electrons. The van der Waals surface area contributed by atoms with Crippen LogP contribution in [0, 0.1) is 6.07 Å². The summed E-state index contributed by atoms with van der Waals surface area (Å²) in [6.45, 7) is 0. The number of hydrogen-bond acceptors (Lipinski definition) is 2. The summed E-state index contributed by atoms with van der Waals surface area (Å²) < 4.78 is 37.0. The van der Waals surface area contributed by atoms with Gasteiger partial charge < -0.3 is 10.7 Å². The predicted molar refractivity (Wildman–Crippen MR) is 48.4 cm³/mol. The molecule has 0 fully saturated rings. The number of nitrogens with two attached hydrogens (primary N) is 1. The number of aromatic amines is 1. The maximum atomic E-state index is 12.3. The Bertz CT molecular complexity index is 559. The Morgan fingerprint density at radius 2 is 2.19 bits per heavy atom. The predicted octanol–water partition coefficient (Wildman–Crippen LogP) is 1.48. The van der Waals surface area contributed by atoms with Crippen molar-refractivity contribution in [3.8, 4) is 0 Å². The topological polar surface area (TPSA) is 71.8 Å². The molecule has 0 spiro atoms. The van der Waals surface area contributed by atoms with E-state index in [4.69, 9.17) is 5.73 Å². The van der Waals surface area contributed by atoms with E-state index in [9.17, 15) is 18.0 Å². The molecule has 0 aliphatic carbocycles. The van der Waals surface area contributed by atoms with Gasteiger partial charge in [-0.15, -0.1) is 0 Å². The van der Waals surface area contributed by atoms with Crippen molar-refractivity contribution in [2.24, 2.45) is 5.73 Å². The van der Waals surface area contributed by atoms with E-state index in [2.05, 4.69) is 16.0 Å². The van der Waals surface area contributed by atoms with Gasteiger partial charge in [-0.2, -0.15) is 13.2 Å². The van der Waals surface area contributed by atoms with Crippen LogP contribution in [0.2, 0.25) is 0 Å². The lowest BCUT2D eigenvalue weighted by atomic mass is 10.2. The third kappa shape index (κ3) is 1.60. The summed E-state index contributed by atoms with van der Waals surface area (Å²) in [5.74, 6) is -2.03. The van der Waals surface area contributed by atoms with E-state index in [1.54, 1.807) is 0 Å². The van der Waals surface area contributed by atoms with Gasteiger partial charge in [-0.05, 0) is 12.1 Å². The lowest BCUT2D eigenvalue weighted by Gasteiger charge is -1.99. The molecule has 7 heteroatoms. The van der Waals surface area contributed by atoms with Gasteiger partial charge in [0, 0.05) is 0 Å². The van der Waals surface area contributed by atoms with Gasteiger partial charge in [0.2, 0.25) is 5.82 Å². The summed E-state index contributed by atoms with van der Waals surface area (Å²) >= 11 is 0. The number of hydrogen-bond donors (Lipinski definition) is 2. The van der Waals surface area contributed by atoms with Crippen molar-refractivity contribution < 1.29 is 18.0 Å². The fourth-order valence-electron chi connectivity index (χ4n) is 1.30. The van der Waals surface area contributed by atoms with Gasteiger partial charge in [0.15, 0.2) is 0 Å². The Kier molecular flexibility index (Phi) is 2.11. The van der Waals surface area contributed by atoms with E-state index in [-0.39, 0.29) is 16.6 Å². The minimum absolute atomic E-state index is 0.0971. The zero-order valence-corrected chi connectivity index (χ0v) is 7.72. The fraction of sp³-hybridized carbons (Fsp3) is 0.111. The quantitative estimate of drug-likeness (QED) is 0.775. The van der Waals surface area contributed by atoms with Crippen molar-refractivity contribution >= 4 is 16.9 Å². The first kappa shape index (κ1) is 10.5. The van der Waals surface area contributed by atoms with Crippen LogP contribution in [-0.4, -0.2) is 15.9 Å². The van der Waals surface area contributed by atoms with E-state index in [1.807, 2.05) is 0 Å². The van der Waals surface area contributed by atoms with E-state index in [1.165, 1.54) is 12.1 Å². The molecule has 3 N–H and O–H groups in total. The fourth-order valence-corrected chi connectivity index (χ4v) is 1.30. The van der Waals surface area contributed by atoms with Crippen LogP contribution in [0.1, 0.15) is 16.2 Å². The van der Waals surface area contributed by atoms with Crippen LogP contribution in [0.5, 0.6) is 0 Å². The Hall–Kier alpha value is -2.05. The molecular weight excluding hydrogens is 223 g/mol. The molecule has 1 aromatic heterocycles. The van der Waals surface area contributed by atoms with Gasteiger partial charge in [-0.1, -0.05) is 6.07 Å². The highest BCUT2D eigenvalue weighted by atomic mass is 19.4. The molecule has 1 aromatic carbocycles. The second-order valence-electron chi connectivity index (χ2n) is 3.06. The zero-order valence-electron chi connectivity index (χ0n) is 7.72. The number of primary amides is 1. The molecule has 1 heterocycles. The van der Waals surface area contributed by atoms with Crippen molar-refractivity contribution in [2.45, 2.75) is 6.18 Å². The minimum Gasteiger partial charge on any atom is -0.366 e. The Morgan fingerprint density at radius 3 is 2.75 bits per heavy atom. The first-order chi connectivity index (χ1) is 7.39. The number of nitrogens with one attached hydrogen (secondary N) is 1. The number of imidazole rings is 1. The summed E-state index contributed by atoms with van der Waals surface area (Å²) in [4.78, 5) is 16.3. The highest BCUT2D eigenvalue weighted by Crippen LogP contribution is 2.29. The van der Waals surface area contributed by atoms with Crippen LogP contribution in [-0.2, 0) is 6.18 Å². The third-order valence-corrected chi connectivity index (χ3v) is 1.96. The number of amides is 1. The van der Waals surface area contributed by atoms with E-state index in [0.717, 1.165) is 0 Å². The normalized spacial score (nSPS) is 11.9. The summed E-state index contributed by atoms with van der Waals surface area (Å²) in [6.07, 6.45) is -4.59. The molecule has 0 saturated carbocycles. The van der Waals surface area contributed by atoms with Gasteiger partial charge in [0.05, 0.1) is 11.1 Å². The van der Waals surface area contributed by atoms with E-state index >= 15 is 0 Å². The van der Waals surface area contributed by atoms with Crippen LogP contribution in [0.3, 0.4) is 0 Å². The third-order valence-electron chi connectivity index (χ3n) is 1.96. The average molecular weight is 228 g/mol. The Balaban J connectivity index is 2.71. The molecule has 16 heavy (non-hydrogen) atoms. The minimum atomic E-state index is -4.59. The SMILES string of the molecule is NC(=O)c1[c]ccc2[nH]c(C(F)(F)F)nc12. The summed E-state index contributed by atoms with van der Waals surface area (Å²) in [5.41, 5.74) is 4.80. The highest BCUT2D eigenvalue weighted by molar-refractivity contribution is 6.03. The van der Waals surface area contributed by atoms with E-state index in [0.29, 0.717) is 0 Å². The van der Waals surface area contributed by atoms with Gasteiger partial charge in [-0.25, -0.2) is 4.98 Å². The zero-order chi connectivity index (χ0) is 11.9. The second-order valence-corrected chi connectivity index (χ2v) is 3.06. The highest BCUT2D eigenvalue weighted by Gasteiger charge is 2.35. The number of halogens is 3. The molecular formula is C9H5F3N3O. The molecule has 0 bridgehead atoms. The monoisotopic (exact) mass is 228 g/mol. The smallest absolute Gasteiger partial charge is 0.366 e. The van der Waals surface area contributed by atoms with Crippen LogP contribution in [0.4, 0.5) is 13.2 Å². The Labute approximate surface area is 87.3 Å². The summed E-state index contributed by atoms with van der Waals surface area (Å²) in [6, 6.07) is 5.09. The Morgan fingerprint density at radius 1 is 1.50 bits per heavy atom. The number of carbonyl (C=O) groups is 1. The van der Waals surface area contributed by atoms with Gasteiger partial charge >= 0.3 is 6.18 Å². The number of H-pyrrole nitrogens is 1. The van der Waals surface area contributed by atoms with Crippen molar-refractivity contribution in [3.05, 3.63) is 29.6 Å². The number of carbonyl (C=O) groups excluding carboxylic acids is 1. The van der Waals surface area contributed by atoms with Crippen molar-refractivity contribution in [1.29, 1.82) is 0 Å². The molecule has 0 aliphatic heterocycles. The van der Waals surface area contributed by atoms with Gasteiger partial charge in [0.1, 0.15) is 5.52 Å². The molecule has 0 atom stereocenters.